The van der Waals surface area contributed by atoms with E-state index in [-0.39, 0.29) is 11.7 Å². The molecule has 1 aliphatic rings. The summed E-state index contributed by atoms with van der Waals surface area (Å²) in [4.78, 5) is 13.2. The normalized spacial score (nSPS) is 18.9. The predicted molar refractivity (Wildman–Crippen MR) is 74.3 cm³/mol. The first-order chi connectivity index (χ1) is 9.47. The molecule has 0 saturated carbocycles. The van der Waals surface area contributed by atoms with Crippen molar-refractivity contribution in [2.24, 2.45) is 11.7 Å². The number of rotatable bonds is 4. The Kier molecular flexibility index (Phi) is 4.73. The average molecular weight is 280 g/mol. The van der Waals surface area contributed by atoms with Gasteiger partial charge in [0.15, 0.2) is 0 Å². The molecule has 3 N–H and O–H groups in total. The maximum absolute atomic E-state index is 13.3. The molecule has 0 radical (unpaired) electrons. The van der Waals surface area contributed by atoms with Gasteiger partial charge in [-0.3, -0.25) is 9.69 Å². The van der Waals surface area contributed by atoms with Crippen LogP contribution >= 0.6 is 0 Å². The molecule has 1 amide bonds. The maximum atomic E-state index is 13.3. The van der Waals surface area contributed by atoms with Gasteiger partial charge < -0.3 is 10.8 Å². The number of primary amides is 1. The van der Waals surface area contributed by atoms with Gasteiger partial charge in [-0.15, -0.1) is 0 Å². The van der Waals surface area contributed by atoms with Crippen molar-refractivity contribution < 1.29 is 14.3 Å². The number of aryl methyl sites for hydroxylation is 1. The third-order valence-electron chi connectivity index (χ3n) is 4.08. The number of hydrogen-bond acceptors (Lipinski definition) is 3. The Morgan fingerprint density at radius 3 is 2.75 bits per heavy atom. The molecule has 5 heteroatoms. The second-order valence-corrected chi connectivity index (χ2v) is 5.53. The van der Waals surface area contributed by atoms with Gasteiger partial charge in [0.2, 0.25) is 5.91 Å². The van der Waals surface area contributed by atoms with Gasteiger partial charge >= 0.3 is 0 Å². The number of aliphatic hydroxyl groups is 1. The van der Waals surface area contributed by atoms with Crippen molar-refractivity contribution in [3.8, 4) is 0 Å². The highest BCUT2D eigenvalue weighted by Crippen LogP contribution is 2.23. The standard InChI is InChI=1S/C15H21FN2O2/c1-10-2-3-13(16)8-12(10)9-18-6-4-11(5-7-18)14(19)15(17)20/h2-3,8,11,14,19H,4-7,9H2,1H3,(H2,17,20). The minimum atomic E-state index is -1.05. The Bertz CT molecular complexity index is 485. The zero-order valence-corrected chi connectivity index (χ0v) is 11.7. The van der Waals surface area contributed by atoms with Crippen LogP contribution < -0.4 is 5.73 Å². The number of aliphatic hydroxyl groups excluding tert-OH is 1. The van der Waals surface area contributed by atoms with Crippen LogP contribution in [0.1, 0.15) is 24.0 Å². The zero-order chi connectivity index (χ0) is 14.7. The van der Waals surface area contributed by atoms with Gasteiger partial charge in [-0.25, -0.2) is 4.39 Å². The van der Waals surface area contributed by atoms with E-state index in [0.29, 0.717) is 6.54 Å². The molecule has 1 fully saturated rings. The van der Waals surface area contributed by atoms with Gasteiger partial charge in [0, 0.05) is 6.54 Å². The number of hydrogen-bond donors (Lipinski definition) is 2. The fourth-order valence-corrected chi connectivity index (χ4v) is 2.71. The lowest BCUT2D eigenvalue weighted by Gasteiger charge is -2.33. The third-order valence-corrected chi connectivity index (χ3v) is 4.08. The predicted octanol–water partition coefficient (Wildman–Crippen LogP) is 1.19. The number of amides is 1. The van der Waals surface area contributed by atoms with E-state index in [1.807, 2.05) is 6.92 Å². The highest BCUT2D eigenvalue weighted by molar-refractivity contribution is 5.78. The molecule has 1 atom stereocenters. The number of carbonyl (C=O) groups excluding carboxylic acids is 1. The number of piperidine rings is 1. The van der Waals surface area contributed by atoms with Gasteiger partial charge in [0.25, 0.3) is 0 Å². The van der Waals surface area contributed by atoms with Crippen LogP contribution in [0.2, 0.25) is 0 Å². The Hall–Kier alpha value is -1.46. The SMILES string of the molecule is Cc1ccc(F)cc1CN1CCC(C(O)C(N)=O)CC1. The monoisotopic (exact) mass is 280 g/mol. The minimum absolute atomic E-state index is 0.0580. The molecule has 0 bridgehead atoms. The second kappa shape index (κ2) is 6.33. The molecule has 1 aromatic rings. The van der Waals surface area contributed by atoms with Crippen molar-refractivity contribution in [1.82, 2.24) is 4.90 Å². The quantitative estimate of drug-likeness (QED) is 0.870. The van der Waals surface area contributed by atoms with E-state index >= 15 is 0 Å². The third kappa shape index (κ3) is 3.55. The maximum Gasteiger partial charge on any atom is 0.246 e. The highest BCUT2D eigenvalue weighted by Gasteiger charge is 2.28. The molecule has 1 aromatic carbocycles. The van der Waals surface area contributed by atoms with E-state index in [1.165, 1.54) is 6.07 Å². The summed E-state index contributed by atoms with van der Waals surface area (Å²) in [7, 11) is 0. The summed E-state index contributed by atoms with van der Waals surface area (Å²) < 4.78 is 13.3. The van der Waals surface area contributed by atoms with Gasteiger partial charge in [-0.2, -0.15) is 0 Å². The Balaban J connectivity index is 1.91. The smallest absolute Gasteiger partial charge is 0.246 e. The number of nitrogens with two attached hydrogens (primary N) is 1. The fourth-order valence-electron chi connectivity index (χ4n) is 2.71. The number of benzene rings is 1. The van der Waals surface area contributed by atoms with Crippen LogP contribution in [0.4, 0.5) is 4.39 Å². The van der Waals surface area contributed by atoms with Crippen molar-refractivity contribution >= 4 is 5.91 Å². The van der Waals surface area contributed by atoms with Crippen molar-refractivity contribution in [2.45, 2.75) is 32.4 Å². The second-order valence-electron chi connectivity index (χ2n) is 5.53. The van der Waals surface area contributed by atoms with Crippen molar-refractivity contribution in [3.63, 3.8) is 0 Å². The first-order valence-electron chi connectivity index (χ1n) is 6.92. The molecule has 1 unspecified atom stereocenters. The summed E-state index contributed by atoms with van der Waals surface area (Å²) in [6.07, 6.45) is 0.421. The molecule has 2 rings (SSSR count). The van der Waals surface area contributed by atoms with Crippen LogP contribution in [0, 0.1) is 18.7 Å². The van der Waals surface area contributed by atoms with E-state index in [9.17, 15) is 14.3 Å². The van der Waals surface area contributed by atoms with Crippen LogP contribution in [0.25, 0.3) is 0 Å². The summed E-state index contributed by atoms with van der Waals surface area (Å²) in [5.74, 6) is -0.925. The first-order valence-corrected chi connectivity index (χ1v) is 6.92. The zero-order valence-electron chi connectivity index (χ0n) is 11.7. The van der Waals surface area contributed by atoms with E-state index in [0.717, 1.165) is 37.1 Å². The Morgan fingerprint density at radius 2 is 2.15 bits per heavy atom. The summed E-state index contributed by atoms with van der Waals surface area (Å²) in [5, 5.41) is 9.67. The molecule has 1 saturated heterocycles. The molecular formula is C15H21FN2O2. The van der Waals surface area contributed by atoms with Crippen LogP contribution in [0.5, 0.6) is 0 Å². The largest absolute Gasteiger partial charge is 0.383 e. The van der Waals surface area contributed by atoms with Crippen LogP contribution in [-0.2, 0) is 11.3 Å². The lowest BCUT2D eigenvalue weighted by molar-refractivity contribution is -0.129. The van der Waals surface area contributed by atoms with Crippen molar-refractivity contribution in [3.05, 3.63) is 35.1 Å². The van der Waals surface area contributed by atoms with E-state index < -0.39 is 12.0 Å². The lowest BCUT2D eigenvalue weighted by atomic mass is 9.90. The Labute approximate surface area is 118 Å². The van der Waals surface area contributed by atoms with Crippen LogP contribution in [0.3, 0.4) is 0 Å². The van der Waals surface area contributed by atoms with E-state index in [2.05, 4.69) is 4.90 Å². The molecule has 1 heterocycles. The van der Waals surface area contributed by atoms with E-state index in [1.54, 1.807) is 12.1 Å². The first kappa shape index (κ1) is 14.9. The van der Waals surface area contributed by atoms with Crippen molar-refractivity contribution in [1.29, 1.82) is 0 Å². The number of likely N-dealkylation sites (tertiary alicyclic amines) is 1. The van der Waals surface area contributed by atoms with Crippen LogP contribution in [0.15, 0.2) is 18.2 Å². The summed E-state index contributed by atoms with van der Waals surface area (Å²) >= 11 is 0. The van der Waals surface area contributed by atoms with Gasteiger partial charge in [0.05, 0.1) is 0 Å². The van der Waals surface area contributed by atoms with Crippen molar-refractivity contribution in [2.75, 3.05) is 13.1 Å². The summed E-state index contributed by atoms with van der Waals surface area (Å²) in [6, 6.07) is 4.82. The minimum Gasteiger partial charge on any atom is -0.383 e. The average Bonchev–Trinajstić information content (AvgIpc) is 2.43. The highest BCUT2D eigenvalue weighted by atomic mass is 19.1. The molecule has 1 aliphatic heterocycles. The molecule has 110 valence electrons. The molecule has 4 nitrogen and oxygen atoms in total. The van der Waals surface area contributed by atoms with E-state index in [4.69, 9.17) is 5.73 Å². The molecular weight excluding hydrogens is 259 g/mol. The lowest BCUT2D eigenvalue weighted by Crippen LogP contribution is -2.42. The molecule has 0 aliphatic carbocycles. The molecule has 20 heavy (non-hydrogen) atoms. The summed E-state index contributed by atoms with van der Waals surface area (Å²) in [5.41, 5.74) is 7.18. The van der Waals surface area contributed by atoms with Gasteiger partial charge in [-0.1, -0.05) is 6.07 Å². The Morgan fingerprint density at radius 1 is 1.50 bits per heavy atom. The van der Waals surface area contributed by atoms with Crippen LogP contribution in [-0.4, -0.2) is 35.1 Å². The molecule has 0 spiro atoms. The number of nitrogens with zero attached hydrogens (tertiary/aromatic N) is 1. The summed E-state index contributed by atoms with van der Waals surface area (Å²) in [6.45, 7) is 4.23. The van der Waals surface area contributed by atoms with Gasteiger partial charge in [0.1, 0.15) is 11.9 Å². The number of halogens is 1. The topological polar surface area (TPSA) is 66.6 Å². The van der Waals surface area contributed by atoms with Gasteiger partial charge in [-0.05, 0) is 62.0 Å². The fraction of sp³-hybridized carbons (Fsp3) is 0.533. The number of carbonyl (C=O) groups is 1. The molecule has 0 aromatic heterocycles.